The van der Waals surface area contributed by atoms with E-state index in [1.165, 1.54) is 0 Å². The number of aromatic nitrogens is 3. The molecule has 0 saturated carbocycles. The first-order valence-electron chi connectivity index (χ1n) is 4.58. The fourth-order valence-electron chi connectivity index (χ4n) is 1.25. The Morgan fingerprint density at radius 2 is 2.27 bits per heavy atom. The quantitative estimate of drug-likeness (QED) is 0.809. The van der Waals surface area contributed by atoms with E-state index in [1.54, 1.807) is 18.5 Å². The molecule has 0 amide bonds. The molecule has 15 heavy (non-hydrogen) atoms. The van der Waals surface area contributed by atoms with Crippen LogP contribution in [0.5, 0.6) is 0 Å². The Labute approximate surface area is 92.9 Å². The van der Waals surface area contributed by atoms with Crippen LogP contribution in [0.15, 0.2) is 30.6 Å². The molecule has 0 aliphatic rings. The topological polar surface area (TPSA) is 42.7 Å². The van der Waals surface area contributed by atoms with Gasteiger partial charge in [0.05, 0.1) is 24.1 Å². The molecule has 0 unspecified atom stereocenters. The predicted molar refractivity (Wildman–Crippen MR) is 59.8 cm³/mol. The van der Waals surface area contributed by atoms with Crippen LogP contribution in [0.25, 0.3) is 0 Å². The Bertz CT molecular complexity index is 435. The van der Waals surface area contributed by atoms with Gasteiger partial charge in [0.25, 0.3) is 0 Å². The number of aryl methyl sites for hydroxylation is 1. The fourth-order valence-corrected chi connectivity index (χ4v) is 1.36. The molecule has 0 fully saturated rings. The smallest absolute Gasteiger partial charge is 0.129 e. The minimum absolute atomic E-state index is 0.501. The molecule has 0 aromatic carbocycles. The molecule has 78 valence electrons. The van der Waals surface area contributed by atoms with Gasteiger partial charge in [-0.25, -0.2) is 4.98 Å². The lowest BCUT2D eigenvalue weighted by atomic mass is 10.4. The van der Waals surface area contributed by atoms with Gasteiger partial charge in [0, 0.05) is 13.2 Å². The average Bonchev–Trinajstić information content (AvgIpc) is 2.63. The zero-order chi connectivity index (χ0) is 10.7. The second kappa shape index (κ2) is 4.31. The summed E-state index contributed by atoms with van der Waals surface area (Å²) in [5.74, 6) is 0. The lowest BCUT2D eigenvalue weighted by Crippen LogP contribution is -2.05. The highest BCUT2D eigenvalue weighted by Crippen LogP contribution is 2.10. The Kier molecular flexibility index (Phi) is 2.87. The van der Waals surface area contributed by atoms with E-state index >= 15 is 0 Å². The summed E-state index contributed by atoms with van der Waals surface area (Å²) in [5, 5.41) is 7.82. The first-order valence-corrected chi connectivity index (χ1v) is 4.96. The van der Waals surface area contributed by atoms with Crippen molar-refractivity contribution in [1.29, 1.82) is 0 Å². The third kappa shape index (κ3) is 2.47. The zero-order valence-electron chi connectivity index (χ0n) is 8.31. The highest BCUT2D eigenvalue weighted by atomic mass is 35.5. The van der Waals surface area contributed by atoms with Gasteiger partial charge in [0.15, 0.2) is 0 Å². The third-order valence-electron chi connectivity index (χ3n) is 2.12. The van der Waals surface area contributed by atoms with Gasteiger partial charge in [-0.3, -0.25) is 4.68 Å². The van der Waals surface area contributed by atoms with Gasteiger partial charge in [-0.1, -0.05) is 11.6 Å². The van der Waals surface area contributed by atoms with Gasteiger partial charge in [-0.2, -0.15) is 5.10 Å². The first-order chi connectivity index (χ1) is 7.25. The second-order valence-electron chi connectivity index (χ2n) is 3.17. The highest BCUT2D eigenvalue weighted by molar-refractivity contribution is 6.29. The lowest BCUT2D eigenvalue weighted by molar-refractivity contribution is 0.720. The third-order valence-corrected chi connectivity index (χ3v) is 2.35. The number of hydrogen-bond acceptors (Lipinski definition) is 3. The van der Waals surface area contributed by atoms with Crippen LogP contribution in [0.1, 0.15) is 5.69 Å². The summed E-state index contributed by atoms with van der Waals surface area (Å²) in [7, 11) is 1.91. The Morgan fingerprint density at radius 1 is 1.40 bits per heavy atom. The molecule has 0 atom stereocenters. The minimum atomic E-state index is 0.501. The Morgan fingerprint density at radius 3 is 2.87 bits per heavy atom. The lowest BCUT2D eigenvalue weighted by Gasteiger charge is -2.05. The normalized spacial score (nSPS) is 10.3. The molecule has 2 aromatic rings. The molecule has 5 heteroatoms. The Hall–Kier alpha value is -1.55. The summed E-state index contributed by atoms with van der Waals surface area (Å²) >= 11 is 5.68. The van der Waals surface area contributed by atoms with E-state index in [0.29, 0.717) is 5.15 Å². The first kappa shape index (κ1) is 9.98. The maximum Gasteiger partial charge on any atom is 0.129 e. The van der Waals surface area contributed by atoms with E-state index in [4.69, 9.17) is 11.6 Å². The average molecular weight is 223 g/mol. The van der Waals surface area contributed by atoms with Crippen molar-refractivity contribution in [3.05, 3.63) is 41.4 Å². The van der Waals surface area contributed by atoms with Crippen LogP contribution in [0.2, 0.25) is 5.15 Å². The zero-order valence-corrected chi connectivity index (χ0v) is 9.07. The van der Waals surface area contributed by atoms with E-state index in [2.05, 4.69) is 15.4 Å². The molecule has 0 bridgehead atoms. The maximum absolute atomic E-state index is 5.68. The summed E-state index contributed by atoms with van der Waals surface area (Å²) in [6.07, 6.45) is 3.48. The highest BCUT2D eigenvalue weighted by Gasteiger charge is 1.98. The van der Waals surface area contributed by atoms with E-state index in [-0.39, 0.29) is 0 Å². The number of hydrogen-bond donors (Lipinski definition) is 1. The van der Waals surface area contributed by atoms with Crippen LogP contribution in [-0.4, -0.2) is 14.8 Å². The largest absolute Gasteiger partial charge is 0.378 e. The van der Waals surface area contributed by atoms with Crippen molar-refractivity contribution in [2.24, 2.45) is 7.05 Å². The van der Waals surface area contributed by atoms with Crippen molar-refractivity contribution in [2.75, 3.05) is 5.32 Å². The molecule has 0 radical (unpaired) electrons. The predicted octanol–water partition coefficient (Wildman–Crippen LogP) is 2.08. The molecule has 0 saturated heterocycles. The van der Waals surface area contributed by atoms with Crippen LogP contribution in [0.4, 0.5) is 5.69 Å². The van der Waals surface area contributed by atoms with Gasteiger partial charge in [-0.05, 0) is 18.2 Å². The second-order valence-corrected chi connectivity index (χ2v) is 3.56. The van der Waals surface area contributed by atoms with Crippen LogP contribution < -0.4 is 5.32 Å². The van der Waals surface area contributed by atoms with Gasteiger partial charge < -0.3 is 5.32 Å². The number of rotatable bonds is 3. The van der Waals surface area contributed by atoms with E-state index in [9.17, 15) is 0 Å². The maximum atomic E-state index is 5.68. The van der Waals surface area contributed by atoms with Gasteiger partial charge in [0.2, 0.25) is 0 Å². The molecule has 1 N–H and O–H groups in total. The van der Waals surface area contributed by atoms with Crippen LogP contribution in [0, 0.1) is 0 Å². The summed E-state index contributed by atoms with van der Waals surface area (Å²) < 4.78 is 1.83. The van der Waals surface area contributed by atoms with Crippen molar-refractivity contribution in [1.82, 2.24) is 14.8 Å². The molecule has 0 aliphatic heterocycles. The molecular weight excluding hydrogens is 212 g/mol. The van der Waals surface area contributed by atoms with Gasteiger partial charge in [0.1, 0.15) is 5.15 Å². The SMILES string of the molecule is Cn1nccc1CNc1ccc(Cl)nc1. The van der Waals surface area contributed by atoms with Gasteiger partial charge >= 0.3 is 0 Å². The molecule has 0 aliphatic carbocycles. The molecule has 2 aromatic heterocycles. The number of pyridine rings is 1. The summed E-state index contributed by atoms with van der Waals surface area (Å²) in [6, 6.07) is 5.62. The summed E-state index contributed by atoms with van der Waals surface area (Å²) in [5.41, 5.74) is 2.06. The monoisotopic (exact) mass is 222 g/mol. The van der Waals surface area contributed by atoms with Crippen molar-refractivity contribution in [2.45, 2.75) is 6.54 Å². The van der Waals surface area contributed by atoms with E-state index in [0.717, 1.165) is 17.9 Å². The van der Waals surface area contributed by atoms with Crippen LogP contribution in [0.3, 0.4) is 0 Å². The summed E-state index contributed by atoms with van der Waals surface area (Å²) in [6.45, 7) is 0.722. The molecule has 2 heterocycles. The standard InChI is InChI=1S/C10H11ClN4/c1-15-9(4-5-14-15)7-12-8-2-3-10(11)13-6-8/h2-6,12H,7H2,1H3. The van der Waals surface area contributed by atoms with Crippen molar-refractivity contribution in [3.63, 3.8) is 0 Å². The van der Waals surface area contributed by atoms with Crippen LogP contribution >= 0.6 is 11.6 Å². The molecule has 4 nitrogen and oxygen atoms in total. The number of nitrogens with one attached hydrogen (secondary N) is 1. The van der Waals surface area contributed by atoms with E-state index < -0.39 is 0 Å². The molecule has 0 spiro atoms. The molecular formula is C10H11ClN4. The molecule has 2 rings (SSSR count). The van der Waals surface area contributed by atoms with Crippen molar-refractivity contribution in [3.8, 4) is 0 Å². The number of nitrogens with zero attached hydrogens (tertiary/aromatic N) is 3. The van der Waals surface area contributed by atoms with Gasteiger partial charge in [-0.15, -0.1) is 0 Å². The van der Waals surface area contributed by atoms with Crippen molar-refractivity contribution < 1.29 is 0 Å². The summed E-state index contributed by atoms with van der Waals surface area (Å²) in [4.78, 5) is 3.98. The Balaban J connectivity index is 1.99. The minimum Gasteiger partial charge on any atom is -0.378 e. The van der Waals surface area contributed by atoms with E-state index in [1.807, 2.05) is 23.9 Å². The van der Waals surface area contributed by atoms with Crippen molar-refractivity contribution >= 4 is 17.3 Å². The van der Waals surface area contributed by atoms with Crippen LogP contribution in [-0.2, 0) is 13.6 Å². The number of anilines is 1. The fraction of sp³-hybridized carbons (Fsp3) is 0.200. The number of halogens is 1.